The molecule has 0 bridgehead atoms. The van der Waals surface area contributed by atoms with Crippen molar-refractivity contribution in [3.8, 4) is 5.88 Å². The lowest BCUT2D eigenvalue weighted by Gasteiger charge is -2.12. The molecule has 0 aliphatic carbocycles. The van der Waals surface area contributed by atoms with E-state index >= 15 is 0 Å². The van der Waals surface area contributed by atoms with Gasteiger partial charge in [0.2, 0.25) is 5.88 Å². The molecule has 0 amide bonds. The molecule has 3 rings (SSSR count). The van der Waals surface area contributed by atoms with E-state index in [-0.39, 0.29) is 29.5 Å². The van der Waals surface area contributed by atoms with Crippen LogP contribution in [0.4, 0.5) is 34.8 Å². The van der Waals surface area contributed by atoms with E-state index in [9.17, 15) is 17.6 Å². The van der Waals surface area contributed by atoms with E-state index in [0.29, 0.717) is 5.56 Å². The molecule has 1 N–H and O–H groups in total. The van der Waals surface area contributed by atoms with Crippen LogP contribution in [0.3, 0.4) is 0 Å². The Balaban J connectivity index is 1.96. The third-order valence-electron chi connectivity index (χ3n) is 3.31. The first-order valence-corrected chi connectivity index (χ1v) is 6.62. The summed E-state index contributed by atoms with van der Waals surface area (Å²) in [6.45, 7) is 0. The lowest BCUT2D eigenvalue weighted by Crippen LogP contribution is -2.22. The molecule has 4 nitrogen and oxygen atoms in total. The third kappa shape index (κ3) is 2.96. The van der Waals surface area contributed by atoms with Gasteiger partial charge < -0.3 is 10.1 Å². The van der Waals surface area contributed by atoms with Crippen molar-refractivity contribution >= 4 is 22.9 Å². The lowest BCUT2D eigenvalue weighted by atomic mass is 10.1. The minimum absolute atomic E-state index is 0.0340. The standard InChI is InChI=1S/C15H11F4N3O/c1-23-14-11(20-10-5-3-2-4-9(10)16)6-8-7-12(15(17,18)19)21-13(8)22-14/h2-6,20H,7H2,1H3. The molecule has 2 aromatic rings. The number of alkyl halides is 3. The average Bonchev–Trinajstić information content (AvgIpc) is 2.91. The number of hydrogen-bond acceptors (Lipinski definition) is 4. The maximum Gasteiger partial charge on any atom is 0.429 e. The smallest absolute Gasteiger partial charge is 0.429 e. The van der Waals surface area contributed by atoms with Crippen molar-refractivity contribution < 1.29 is 22.3 Å². The molecule has 1 aliphatic heterocycles. The number of methoxy groups -OCH3 is 1. The monoisotopic (exact) mass is 325 g/mol. The van der Waals surface area contributed by atoms with Crippen LogP contribution in [-0.2, 0) is 6.42 Å². The second kappa shape index (κ2) is 5.53. The summed E-state index contributed by atoms with van der Waals surface area (Å²) in [5, 5.41) is 2.78. The van der Waals surface area contributed by atoms with Gasteiger partial charge in [-0.1, -0.05) is 12.1 Å². The second-order valence-electron chi connectivity index (χ2n) is 4.87. The molecule has 23 heavy (non-hydrogen) atoms. The number of halogens is 4. The number of nitrogens with zero attached hydrogens (tertiary/aromatic N) is 2. The van der Waals surface area contributed by atoms with E-state index in [1.807, 2.05) is 0 Å². The number of aromatic nitrogens is 1. The largest absolute Gasteiger partial charge is 0.479 e. The summed E-state index contributed by atoms with van der Waals surface area (Å²) in [4.78, 5) is 7.46. The molecule has 8 heteroatoms. The van der Waals surface area contributed by atoms with E-state index in [1.54, 1.807) is 6.07 Å². The fourth-order valence-corrected chi connectivity index (χ4v) is 2.22. The van der Waals surface area contributed by atoms with E-state index < -0.39 is 17.7 Å². The molecule has 1 aromatic heterocycles. The zero-order valence-corrected chi connectivity index (χ0v) is 11.9. The minimum Gasteiger partial charge on any atom is -0.479 e. The van der Waals surface area contributed by atoms with Crippen LogP contribution in [0, 0.1) is 5.82 Å². The molecule has 1 aliphatic rings. The van der Waals surface area contributed by atoms with E-state index in [0.717, 1.165) is 0 Å². The maximum absolute atomic E-state index is 13.7. The van der Waals surface area contributed by atoms with Gasteiger partial charge in [0, 0.05) is 12.0 Å². The fourth-order valence-electron chi connectivity index (χ4n) is 2.22. The van der Waals surface area contributed by atoms with Gasteiger partial charge in [0.1, 0.15) is 17.2 Å². The summed E-state index contributed by atoms with van der Waals surface area (Å²) in [5.41, 5.74) is -0.167. The van der Waals surface area contributed by atoms with Crippen LogP contribution in [0.15, 0.2) is 35.3 Å². The normalized spacial score (nSPS) is 13.5. The molecule has 0 saturated heterocycles. The second-order valence-corrected chi connectivity index (χ2v) is 4.87. The molecule has 0 fully saturated rings. The molecule has 2 heterocycles. The molecular weight excluding hydrogens is 314 g/mol. The number of ether oxygens (including phenoxy) is 1. The molecule has 1 aromatic carbocycles. The number of hydrogen-bond donors (Lipinski definition) is 1. The predicted molar refractivity (Wildman–Crippen MR) is 77.3 cm³/mol. The van der Waals surface area contributed by atoms with Gasteiger partial charge in [-0.3, -0.25) is 0 Å². The van der Waals surface area contributed by atoms with Crippen molar-refractivity contribution in [2.24, 2.45) is 4.99 Å². The Morgan fingerprint density at radius 1 is 1.17 bits per heavy atom. The summed E-state index contributed by atoms with van der Waals surface area (Å²) < 4.78 is 57.0. The Kier molecular flexibility index (Phi) is 3.67. The van der Waals surface area contributed by atoms with Crippen molar-refractivity contribution in [1.82, 2.24) is 4.98 Å². The van der Waals surface area contributed by atoms with E-state index in [1.165, 1.54) is 31.4 Å². The van der Waals surface area contributed by atoms with Crippen LogP contribution in [0.1, 0.15) is 5.56 Å². The number of rotatable bonds is 3. The van der Waals surface area contributed by atoms with E-state index in [4.69, 9.17) is 4.74 Å². The van der Waals surface area contributed by atoms with Crippen LogP contribution in [0.5, 0.6) is 5.88 Å². The van der Waals surface area contributed by atoms with E-state index in [2.05, 4.69) is 15.3 Å². The molecule has 120 valence electrons. The van der Waals surface area contributed by atoms with Crippen LogP contribution in [0.25, 0.3) is 0 Å². The highest BCUT2D eigenvalue weighted by Crippen LogP contribution is 2.37. The lowest BCUT2D eigenvalue weighted by molar-refractivity contribution is -0.0597. The van der Waals surface area contributed by atoms with Crippen LogP contribution < -0.4 is 10.1 Å². The summed E-state index contributed by atoms with van der Waals surface area (Å²) in [7, 11) is 1.32. The Morgan fingerprint density at radius 2 is 1.91 bits per heavy atom. The molecular formula is C15H11F4N3O. The van der Waals surface area contributed by atoms with Gasteiger partial charge >= 0.3 is 6.18 Å². The fraction of sp³-hybridized carbons (Fsp3) is 0.200. The Hall–Kier alpha value is -2.64. The Morgan fingerprint density at radius 3 is 2.57 bits per heavy atom. The molecule has 0 radical (unpaired) electrons. The Bertz CT molecular complexity index is 787. The highest BCUT2D eigenvalue weighted by atomic mass is 19.4. The molecule has 0 unspecified atom stereocenters. The number of aliphatic imine (C=N–C) groups is 1. The van der Waals surface area contributed by atoms with Gasteiger partial charge in [0.15, 0.2) is 5.82 Å². The molecule has 0 saturated carbocycles. The summed E-state index contributed by atoms with van der Waals surface area (Å²) >= 11 is 0. The van der Waals surface area contributed by atoms with Gasteiger partial charge in [-0.25, -0.2) is 9.38 Å². The average molecular weight is 325 g/mol. The van der Waals surface area contributed by atoms with Crippen LogP contribution >= 0.6 is 0 Å². The number of fused-ring (bicyclic) bond motifs is 1. The topological polar surface area (TPSA) is 46.5 Å². The SMILES string of the molecule is COc1nc2c(cc1Nc1ccccc1F)CC(C(F)(F)F)=N2. The van der Waals surface area contributed by atoms with Crippen molar-refractivity contribution in [3.05, 3.63) is 41.7 Å². The van der Waals surface area contributed by atoms with Crippen LogP contribution in [0.2, 0.25) is 0 Å². The first kappa shape index (κ1) is 15.3. The van der Waals surface area contributed by atoms with Crippen molar-refractivity contribution in [1.29, 1.82) is 0 Å². The van der Waals surface area contributed by atoms with Gasteiger partial charge in [0.05, 0.1) is 12.8 Å². The van der Waals surface area contributed by atoms with Crippen molar-refractivity contribution in [2.45, 2.75) is 12.6 Å². The quantitative estimate of drug-likeness (QED) is 0.862. The van der Waals surface area contributed by atoms with Gasteiger partial charge in [0.25, 0.3) is 0 Å². The Labute approximate surface area is 128 Å². The molecule has 0 spiro atoms. The predicted octanol–water partition coefficient (Wildman–Crippen LogP) is 4.16. The number of nitrogens with one attached hydrogen (secondary N) is 1. The molecule has 0 atom stereocenters. The highest BCUT2D eigenvalue weighted by Gasteiger charge is 2.39. The van der Waals surface area contributed by atoms with Crippen molar-refractivity contribution in [2.75, 3.05) is 12.4 Å². The summed E-state index contributed by atoms with van der Waals surface area (Å²) in [5.74, 6) is -0.491. The number of pyridine rings is 1. The zero-order chi connectivity index (χ0) is 16.6. The number of benzene rings is 1. The number of anilines is 2. The van der Waals surface area contributed by atoms with Crippen LogP contribution in [-0.4, -0.2) is 24.0 Å². The number of para-hydroxylation sites is 1. The van der Waals surface area contributed by atoms with Gasteiger partial charge in [-0.05, 0) is 18.2 Å². The summed E-state index contributed by atoms with van der Waals surface area (Å²) in [6, 6.07) is 7.36. The highest BCUT2D eigenvalue weighted by molar-refractivity contribution is 5.97. The van der Waals surface area contributed by atoms with Crippen molar-refractivity contribution in [3.63, 3.8) is 0 Å². The third-order valence-corrected chi connectivity index (χ3v) is 3.31. The van der Waals surface area contributed by atoms with Gasteiger partial charge in [-0.2, -0.15) is 18.2 Å². The first-order chi connectivity index (χ1) is 10.9. The van der Waals surface area contributed by atoms with Gasteiger partial charge in [-0.15, -0.1) is 0 Å². The summed E-state index contributed by atoms with van der Waals surface area (Å²) in [6.07, 6.45) is -4.88. The maximum atomic E-state index is 13.7. The first-order valence-electron chi connectivity index (χ1n) is 6.62. The zero-order valence-electron chi connectivity index (χ0n) is 11.9. The minimum atomic E-state index is -4.51.